The summed E-state index contributed by atoms with van der Waals surface area (Å²) in [6.45, 7) is 3.82. The predicted molar refractivity (Wildman–Crippen MR) is 88.7 cm³/mol. The summed E-state index contributed by atoms with van der Waals surface area (Å²) in [7, 11) is 1.48. The molecule has 3 atom stereocenters. The maximum absolute atomic E-state index is 12.4. The second kappa shape index (κ2) is 8.10. The molecular formula is C17H25N3O4. The lowest BCUT2D eigenvalue weighted by atomic mass is 9.83. The Morgan fingerprint density at radius 3 is 2.79 bits per heavy atom. The second-order valence-electron chi connectivity index (χ2n) is 6.41. The molecule has 0 aliphatic heterocycles. The van der Waals surface area contributed by atoms with Gasteiger partial charge in [0, 0.05) is 29.8 Å². The van der Waals surface area contributed by atoms with Gasteiger partial charge in [-0.15, -0.1) is 0 Å². The fraction of sp³-hybridized carbons (Fsp3) is 0.588. The Morgan fingerprint density at radius 1 is 1.38 bits per heavy atom. The van der Waals surface area contributed by atoms with Crippen molar-refractivity contribution in [3.8, 4) is 5.88 Å². The average Bonchev–Trinajstić information content (AvgIpc) is 2.56. The van der Waals surface area contributed by atoms with Crippen molar-refractivity contribution >= 4 is 11.8 Å². The quantitative estimate of drug-likeness (QED) is 0.741. The van der Waals surface area contributed by atoms with E-state index in [4.69, 9.17) is 4.74 Å². The number of aliphatic hydroxyl groups is 1. The molecule has 1 fully saturated rings. The van der Waals surface area contributed by atoms with Gasteiger partial charge in [0.2, 0.25) is 11.8 Å². The molecule has 3 N–H and O–H groups in total. The van der Waals surface area contributed by atoms with Crippen molar-refractivity contribution in [3.05, 3.63) is 23.9 Å². The number of aromatic nitrogens is 1. The van der Waals surface area contributed by atoms with Gasteiger partial charge in [-0.2, -0.15) is 0 Å². The summed E-state index contributed by atoms with van der Waals surface area (Å²) in [5.41, 5.74) is 0.405. The molecular weight excluding hydrogens is 310 g/mol. The third-order valence-electron chi connectivity index (χ3n) is 4.14. The number of nitrogens with zero attached hydrogens (tertiary/aromatic N) is 1. The first-order chi connectivity index (χ1) is 11.4. The molecule has 0 saturated heterocycles. The van der Waals surface area contributed by atoms with Gasteiger partial charge in [0.05, 0.1) is 19.3 Å². The standard InChI is InChI=1S/C17H25N3O4/c1-10(2)19-16(22)11-4-5-14(21)13(8-11)20-17(23)12-6-7-18-15(9-12)24-3/h6-7,9-11,13-14,21H,4-5,8H2,1-3H3,(H,19,22)(H,20,23)/t11-,13+,14+/m0/s1. The van der Waals surface area contributed by atoms with Crippen molar-refractivity contribution in [2.24, 2.45) is 5.92 Å². The van der Waals surface area contributed by atoms with Gasteiger partial charge in [-0.25, -0.2) is 4.98 Å². The molecule has 0 spiro atoms. The van der Waals surface area contributed by atoms with E-state index in [2.05, 4.69) is 15.6 Å². The van der Waals surface area contributed by atoms with Gasteiger partial charge < -0.3 is 20.5 Å². The van der Waals surface area contributed by atoms with Crippen molar-refractivity contribution in [1.82, 2.24) is 15.6 Å². The SMILES string of the molecule is COc1cc(C(=O)N[C@@H]2C[C@@H](C(=O)NC(C)C)CC[C@H]2O)ccn1. The van der Waals surface area contributed by atoms with Gasteiger partial charge in [-0.05, 0) is 39.2 Å². The highest BCUT2D eigenvalue weighted by Crippen LogP contribution is 2.25. The highest BCUT2D eigenvalue weighted by molar-refractivity contribution is 5.94. The van der Waals surface area contributed by atoms with E-state index < -0.39 is 12.1 Å². The van der Waals surface area contributed by atoms with Crippen LogP contribution in [0, 0.1) is 5.92 Å². The third-order valence-corrected chi connectivity index (χ3v) is 4.14. The summed E-state index contributed by atoms with van der Waals surface area (Å²) in [5.74, 6) is -0.194. The highest BCUT2D eigenvalue weighted by atomic mass is 16.5. The van der Waals surface area contributed by atoms with Crippen LogP contribution in [0.25, 0.3) is 0 Å². The molecule has 0 aromatic carbocycles. The zero-order valence-corrected chi connectivity index (χ0v) is 14.3. The molecule has 7 nitrogen and oxygen atoms in total. The fourth-order valence-electron chi connectivity index (χ4n) is 2.86. The van der Waals surface area contributed by atoms with Crippen LogP contribution < -0.4 is 15.4 Å². The van der Waals surface area contributed by atoms with Gasteiger partial charge in [0.25, 0.3) is 5.91 Å². The summed E-state index contributed by atoms with van der Waals surface area (Å²) < 4.78 is 5.01. The molecule has 2 amide bonds. The van der Waals surface area contributed by atoms with Crippen LogP contribution in [0.15, 0.2) is 18.3 Å². The lowest BCUT2D eigenvalue weighted by Crippen LogP contribution is -2.50. The van der Waals surface area contributed by atoms with E-state index in [1.807, 2.05) is 13.8 Å². The Hall–Kier alpha value is -2.15. The molecule has 24 heavy (non-hydrogen) atoms. The van der Waals surface area contributed by atoms with E-state index in [1.54, 1.807) is 6.07 Å². The number of methoxy groups -OCH3 is 1. The van der Waals surface area contributed by atoms with E-state index in [1.165, 1.54) is 19.4 Å². The Balaban J connectivity index is 2.01. The summed E-state index contributed by atoms with van der Waals surface area (Å²) in [6, 6.07) is 2.73. The van der Waals surface area contributed by atoms with Crippen molar-refractivity contribution in [3.63, 3.8) is 0 Å². The predicted octanol–water partition coefficient (Wildman–Crippen LogP) is 0.874. The monoisotopic (exact) mass is 335 g/mol. The number of aliphatic hydroxyl groups excluding tert-OH is 1. The number of carbonyl (C=O) groups excluding carboxylic acids is 2. The molecule has 1 saturated carbocycles. The van der Waals surface area contributed by atoms with Gasteiger partial charge in [0.15, 0.2) is 0 Å². The van der Waals surface area contributed by atoms with Crippen LogP contribution in [0.1, 0.15) is 43.5 Å². The molecule has 1 heterocycles. The Morgan fingerprint density at radius 2 is 2.12 bits per heavy atom. The van der Waals surface area contributed by atoms with E-state index in [9.17, 15) is 14.7 Å². The number of nitrogens with one attached hydrogen (secondary N) is 2. The number of hydrogen-bond donors (Lipinski definition) is 3. The maximum Gasteiger partial charge on any atom is 0.251 e. The molecule has 1 aromatic rings. The molecule has 0 bridgehead atoms. The first-order valence-electron chi connectivity index (χ1n) is 8.20. The smallest absolute Gasteiger partial charge is 0.251 e. The molecule has 2 rings (SSSR count). The van der Waals surface area contributed by atoms with Crippen LogP contribution in [0.2, 0.25) is 0 Å². The van der Waals surface area contributed by atoms with Gasteiger partial charge in [-0.3, -0.25) is 9.59 Å². The van der Waals surface area contributed by atoms with E-state index >= 15 is 0 Å². The Labute approximate surface area is 141 Å². The average molecular weight is 335 g/mol. The number of rotatable bonds is 5. The number of pyridine rings is 1. The van der Waals surface area contributed by atoms with Crippen molar-refractivity contribution in [2.45, 2.75) is 51.3 Å². The molecule has 1 aliphatic rings. The first kappa shape index (κ1) is 18.2. The second-order valence-corrected chi connectivity index (χ2v) is 6.41. The zero-order chi connectivity index (χ0) is 17.7. The van der Waals surface area contributed by atoms with E-state index in [-0.39, 0.29) is 23.8 Å². The largest absolute Gasteiger partial charge is 0.481 e. The molecule has 0 unspecified atom stereocenters. The summed E-state index contributed by atoms with van der Waals surface area (Å²) in [6.07, 6.45) is 2.37. The normalized spacial score (nSPS) is 23.6. The zero-order valence-electron chi connectivity index (χ0n) is 14.3. The third kappa shape index (κ3) is 4.67. The minimum Gasteiger partial charge on any atom is -0.481 e. The van der Waals surface area contributed by atoms with E-state index in [0.717, 1.165) is 0 Å². The lowest BCUT2D eigenvalue weighted by Gasteiger charge is -2.33. The van der Waals surface area contributed by atoms with Crippen LogP contribution in [-0.4, -0.2) is 47.2 Å². The fourth-order valence-corrected chi connectivity index (χ4v) is 2.86. The number of amides is 2. The number of carbonyl (C=O) groups is 2. The first-order valence-corrected chi connectivity index (χ1v) is 8.20. The summed E-state index contributed by atoms with van der Waals surface area (Å²) in [5, 5.41) is 15.9. The topological polar surface area (TPSA) is 101 Å². The van der Waals surface area contributed by atoms with Crippen LogP contribution in [-0.2, 0) is 4.79 Å². The molecule has 7 heteroatoms. The molecule has 1 aromatic heterocycles. The van der Waals surface area contributed by atoms with Crippen LogP contribution in [0.3, 0.4) is 0 Å². The van der Waals surface area contributed by atoms with Crippen LogP contribution in [0.5, 0.6) is 5.88 Å². The van der Waals surface area contributed by atoms with Crippen LogP contribution in [0.4, 0.5) is 0 Å². The summed E-state index contributed by atoms with van der Waals surface area (Å²) in [4.78, 5) is 28.5. The van der Waals surface area contributed by atoms with Crippen LogP contribution >= 0.6 is 0 Å². The van der Waals surface area contributed by atoms with Gasteiger partial charge in [0.1, 0.15) is 0 Å². The molecule has 132 valence electrons. The number of hydrogen-bond acceptors (Lipinski definition) is 5. The number of ether oxygens (including phenoxy) is 1. The van der Waals surface area contributed by atoms with E-state index in [0.29, 0.717) is 30.7 Å². The minimum atomic E-state index is -0.652. The van der Waals surface area contributed by atoms with Gasteiger partial charge >= 0.3 is 0 Å². The van der Waals surface area contributed by atoms with Crippen molar-refractivity contribution in [1.29, 1.82) is 0 Å². The maximum atomic E-state index is 12.4. The molecule has 0 radical (unpaired) electrons. The van der Waals surface area contributed by atoms with Crippen molar-refractivity contribution in [2.75, 3.05) is 7.11 Å². The summed E-state index contributed by atoms with van der Waals surface area (Å²) >= 11 is 0. The van der Waals surface area contributed by atoms with Crippen molar-refractivity contribution < 1.29 is 19.4 Å². The molecule has 1 aliphatic carbocycles. The lowest BCUT2D eigenvalue weighted by molar-refractivity contribution is -0.127. The Bertz CT molecular complexity index is 591. The van der Waals surface area contributed by atoms with Gasteiger partial charge in [-0.1, -0.05) is 0 Å². The highest BCUT2D eigenvalue weighted by Gasteiger charge is 2.34. The minimum absolute atomic E-state index is 0.0262. The Kier molecular flexibility index (Phi) is 6.14.